The van der Waals surface area contributed by atoms with Gasteiger partial charge in [-0.15, -0.1) is 11.3 Å². The van der Waals surface area contributed by atoms with Crippen LogP contribution in [0.1, 0.15) is 5.01 Å². The Hall–Kier alpha value is -3.17. The number of hydrogen-bond donors (Lipinski definition) is 1. The van der Waals surface area contributed by atoms with E-state index >= 15 is 0 Å². The number of thiazole rings is 1. The molecule has 0 spiro atoms. The lowest BCUT2D eigenvalue weighted by molar-refractivity contribution is 0.415. The van der Waals surface area contributed by atoms with Crippen molar-refractivity contribution in [2.45, 2.75) is 0 Å². The lowest BCUT2D eigenvalue weighted by Crippen LogP contribution is -2.01. The van der Waals surface area contributed by atoms with Crippen molar-refractivity contribution in [2.75, 3.05) is 12.5 Å². The van der Waals surface area contributed by atoms with E-state index in [1.165, 1.54) is 11.3 Å². The van der Waals surface area contributed by atoms with Crippen LogP contribution in [0.4, 0.5) is 5.69 Å². The molecule has 0 radical (unpaired) electrons. The van der Waals surface area contributed by atoms with E-state index in [0.717, 1.165) is 22.7 Å². The molecule has 5 nitrogen and oxygen atoms in total. The minimum atomic E-state index is 0.248. The molecule has 0 aliphatic carbocycles. The third-order valence-corrected chi connectivity index (χ3v) is 4.12. The van der Waals surface area contributed by atoms with Gasteiger partial charge in [0.2, 0.25) is 0 Å². The van der Waals surface area contributed by atoms with Gasteiger partial charge in [-0.1, -0.05) is 30.3 Å². The summed E-state index contributed by atoms with van der Waals surface area (Å²) in [6.45, 7) is 0. The molecule has 0 aliphatic heterocycles. The Kier molecular flexibility index (Phi) is 4.84. The number of nitrogens with zero attached hydrogens (tertiary/aromatic N) is 3. The molecule has 1 N–H and O–H groups in total. The first-order chi connectivity index (χ1) is 11.8. The highest BCUT2D eigenvalue weighted by Crippen LogP contribution is 2.22. The molecule has 0 unspecified atom stereocenters. The fourth-order valence-corrected chi connectivity index (χ4v) is 2.80. The number of methoxy groups -OCH3 is 1. The lowest BCUT2D eigenvalue weighted by atomic mass is 10.2. The molecule has 2 aromatic carbocycles. The first-order valence-corrected chi connectivity index (χ1v) is 8.07. The molecular weight excluding hydrogens is 320 g/mol. The third kappa shape index (κ3) is 3.59. The summed E-state index contributed by atoms with van der Waals surface area (Å²) >= 11 is 1.39. The van der Waals surface area contributed by atoms with Gasteiger partial charge in [-0.05, 0) is 24.3 Å². The molecule has 1 heterocycles. The predicted molar refractivity (Wildman–Crippen MR) is 96.3 cm³/mol. The van der Waals surface area contributed by atoms with Gasteiger partial charge in [0.25, 0.3) is 0 Å². The molecule has 24 heavy (non-hydrogen) atoms. The van der Waals surface area contributed by atoms with E-state index < -0.39 is 0 Å². The summed E-state index contributed by atoms with van der Waals surface area (Å²) < 4.78 is 5.11. The van der Waals surface area contributed by atoms with Crippen LogP contribution in [0.15, 0.2) is 65.1 Å². The van der Waals surface area contributed by atoms with E-state index in [9.17, 15) is 5.26 Å². The lowest BCUT2D eigenvalue weighted by Gasteiger charge is -2.02. The molecule has 0 bridgehead atoms. The maximum absolute atomic E-state index is 9.35. The molecule has 0 saturated carbocycles. The van der Waals surface area contributed by atoms with Gasteiger partial charge in [0, 0.05) is 10.9 Å². The Morgan fingerprint density at radius 2 is 1.92 bits per heavy atom. The molecule has 1 aromatic heterocycles. The minimum absolute atomic E-state index is 0.248. The number of rotatable bonds is 5. The topological polar surface area (TPSA) is 70.3 Å². The van der Waals surface area contributed by atoms with Crippen molar-refractivity contribution in [2.24, 2.45) is 5.10 Å². The van der Waals surface area contributed by atoms with Gasteiger partial charge in [-0.3, -0.25) is 5.43 Å². The van der Waals surface area contributed by atoms with Crippen LogP contribution in [-0.4, -0.2) is 17.8 Å². The first-order valence-electron chi connectivity index (χ1n) is 7.19. The fourth-order valence-electron chi connectivity index (χ4n) is 2.03. The average Bonchev–Trinajstić information content (AvgIpc) is 3.13. The van der Waals surface area contributed by atoms with Crippen molar-refractivity contribution < 1.29 is 4.74 Å². The van der Waals surface area contributed by atoms with Crippen LogP contribution in [0, 0.1) is 11.3 Å². The summed E-state index contributed by atoms with van der Waals surface area (Å²) in [5, 5.41) is 16.0. The van der Waals surface area contributed by atoms with Gasteiger partial charge in [0.15, 0.2) is 10.7 Å². The van der Waals surface area contributed by atoms with E-state index in [2.05, 4.69) is 21.6 Å². The molecule has 118 valence electrons. The number of benzene rings is 2. The zero-order valence-electron chi connectivity index (χ0n) is 12.9. The van der Waals surface area contributed by atoms with Crippen LogP contribution in [0.2, 0.25) is 0 Å². The summed E-state index contributed by atoms with van der Waals surface area (Å²) in [5.74, 6) is 0.762. The van der Waals surface area contributed by atoms with Crippen LogP contribution in [0.3, 0.4) is 0 Å². The fraction of sp³-hybridized carbons (Fsp3) is 0.0556. The van der Waals surface area contributed by atoms with Crippen molar-refractivity contribution in [3.05, 3.63) is 65.0 Å². The Morgan fingerprint density at radius 1 is 1.17 bits per heavy atom. The van der Waals surface area contributed by atoms with E-state index in [1.807, 2.05) is 60.0 Å². The first kappa shape index (κ1) is 15.7. The average molecular weight is 334 g/mol. The Morgan fingerprint density at radius 3 is 2.58 bits per heavy atom. The maximum Gasteiger partial charge on any atom is 0.196 e. The van der Waals surface area contributed by atoms with Gasteiger partial charge in [0.05, 0.1) is 18.5 Å². The number of aromatic nitrogens is 1. The van der Waals surface area contributed by atoms with Crippen LogP contribution >= 0.6 is 11.3 Å². The van der Waals surface area contributed by atoms with Crippen molar-refractivity contribution in [1.82, 2.24) is 4.98 Å². The number of anilines is 1. The Bertz CT molecular complexity index is 879. The number of nitrogens with one attached hydrogen (secondary N) is 1. The summed E-state index contributed by atoms with van der Waals surface area (Å²) in [6.07, 6.45) is 0. The summed E-state index contributed by atoms with van der Waals surface area (Å²) in [6, 6.07) is 19.2. The number of hydrogen-bond acceptors (Lipinski definition) is 6. The third-order valence-electron chi connectivity index (χ3n) is 3.27. The second kappa shape index (κ2) is 7.40. The van der Waals surface area contributed by atoms with Crippen LogP contribution in [-0.2, 0) is 0 Å². The second-order valence-corrected chi connectivity index (χ2v) is 5.67. The molecule has 3 aromatic rings. The minimum Gasteiger partial charge on any atom is -0.497 e. The Balaban J connectivity index is 1.78. The van der Waals surface area contributed by atoms with Crippen molar-refractivity contribution >= 4 is 22.7 Å². The smallest absolute Gasteiger partial charge is 0.196 e. The Labute approximate surface area is 143 Å². The molecule has 0 atom stereocenters. The number of hydrazone groups is 1. The molecule has 0 amide bonds. The van der Waals surface area contributed by atoms with Crippen LogP contribution in [0.5, 0.6) is 5.75 Å². The van der Waals surface area contributed by atoms with E-state index in [4.69, 9.17) is 4.74 Å². The van der Waals surface area contributed by atoms with Gasteiger partial charge < -0.3 is 4.74 Å². The number of nitriles is 1. The monoisotopic (exact) mass is 334 g/mol. The van der Waals surface area contributed by atoms with E-state index in [-0.39, 0.29) is 5.71 Å². The normalized spacial score (nSPS) is 10.9. The van der Waals surface area contributed by atoms with Crippen molar-refractivity contribution in [3.63, 3.8) is 0 Å². The predicted octanol–water partition coefficient (Wildman–Crippen LogP) is 4.16. The highest BCUT2D eigenvalue weighted by molar-refractivity contribution is 7.12. The highest BCUT2D eigenvalue weighted by atomic mass is 32.1. The van der Waals surface area contributed by atoms with Gasteiger partial charge in [0.1, 0.15) is 11.8 Å². The standard InChI is InChI=1S/C18H14N4OS/c1-23-15-9-7-14(8-10-15)21-22-16(11-19)18-20-17(12-24-18)13-5-3-2-4-6-13/h2-10,12,21H,1H3. The molecule has 0 saturated heterocycles. The van der Waals surface area contributed by atoms with Crippen molar-refractivity contribution in [1.29, 1.82) is 5.26 Å². The summed E-state index contributed by atoms with van der Waals surface area (Å²) in [5.41, 5.74) is 5.74. The van der Waals surface area contributed by atoms with Gasteiger partial charge in [-0.2, -0.15) is 10.4 Å². The zero-order valence-corrected chi connectivity index (χ0v) is 13.7. The van der Waals surface area contributed by atoms with Gasteiger partial charge in [-0.25, -0.2) is 4.98 Å². The SMILES string of the molecule is COc1ccc(NN=C(C#N)c2nc(-c3ccccc3)cs2)cc1. The molecular formula is C18H14N4OS. The second-order valence-electron chi connectivity index (χ2n) is 4.82. The molecule has 6 heteroatoms. The zero-order chi connectivity index (χ0) is 16.8. The van der Waals surface area contributed by atoms with E-state index in [1.54, 1.807) is 7.11 Å². The summed E-state index contributed by atoms with van der Waals surface area (Å²) in [4.78, 5) is 4.50. The van der Waals surface area contributed by atoms with Crippen LogP contribution < -0.4 is 10.2 Å². The van der Waals surface area contributed by atoms with Gasteiger partial charge >= 0.3 is 0 Å². The maximum atomic E-state index is 9.35. The molecule has 0 aliphatic rings. The quantitative estimate of drug-likeness (QED) is 0.562. The molecule has 0 fully saturated rings. The van der Waals surface area contributed by atoms with E-state index in [0.29, 0.717) is 5.01 Å². The largest absolute Gasteiger partial charge is 0.497 e. The highest BCUT2D eigenvalue weighted by Gasteiger charge is 2.10. The summed E-state index contributed by atoms with van der Waals surface area (Å²) in [7, 11) is 1.61. The van der Waals surface area contributed by atoms with Crippen molar-refractivity contribution in [3.8, 4) is 23.1 Å². The molecule has 3 rings (SSSR count). The van der Waals surface area contributed by atoms with Crippen LogP contribution in [0.25, 0.3) is 11.3 Å². The number of ether oxygens (including phenoxy) is 1.